The number of thiazole rings is 1. The maximum Gasteiger partial charge on any atom is 0.103 e. The van der Waals surface area contributed by atoms with Crippen LogP contribution in [0, 0.1) is 6.92 Å². The molecule has 1 N–H and O–H groups in total. The number of ether oxygens (including phenoxy) is 1. The van der Waals surface area contributed by atoms with Crippen molar-refractivity contribution in [3.63, 3.8) is 0 Å². The van der Waals surface area contributed by atoms with Gasteiger partial charge < -0.3 is 10.1 Å². The first-order valence-electron chi connectivity index (χ1n) is 6.62. The fraction of sp³-hybridized carbons (Fsp3) is 0.400. The number of methoxy groups -OCH3 is 1. The average molecular weight is 308 g/mol. The van der Waals surface area contributed by atoms with Gasteiger partial charge in [0.2, 0.25) is 0 Å². The fourth-order valence-electron chi connectivity index (χ4n) is 1.75. The second-order valence-electron chi connectivity index (χ2n) is 4.39. The van der Waals surface area contributed by atoms with Crippen molar-refractivity contribution in [1.29, 1.82) is 0 Å². The number of benzene rings is 1. The molecule has 108 valence electrons. The third-order valence-corrected chi connectivity index (χ3v) is 5.17. The Bertz CT molecular complexity index is 514. The van der Waals surface area contributed by atoms with Crippen LogP contribution < -0.4 is 5.32 Å². The first kappa shape index (κ1) is 15.5. The molecule has 20 heavy (non-hydrogen) atoms. The lowest BCUT2D eigenvalue weighted by Crippen LogP contribution is -2.18. The summed E-state index contributed by atoms with van der Waals surface area (Å²) in [6.07, 6.45) is 0. The summed E-state index contributed by atoms with van der Waals surface area (Å²) in [5.74, 6) is 0.938. The fourth-order valence-corrected chi connectivity index (χ4v) is 3.70. The number of thioether (sulfide) groups is 1. The predicted molar refractivity (Wildman–Crippen MR) is 86.4 cm³/mol. The largest absolute Gasteiger partial charge is 0.383 e. The summed E-state index contributed by atoms with van der Waals surface area (Å²) in [6.45, 7) is 4.58. The molecule has 5 heteroatoms. The summed E-state index contributed by atoms with van der Waals surface area (Å²) in [5.41, 5.74) is 1.14. The van der Waals surface area contributed by atoms with Crippen LogP contribution in [0.4, 0.5) is 0 Å². The van der Waals surface area contributed by atoms with Crippen molar-refractivity contribution in [2.75, 3.05) is 20.3 Å². The van der Waals surface area contributed by atoms with Crippen LogP contribution >= 0.6 is 23.1 Å². The molecule has 0 aliphatic rings. The zero-order valence-corrected chi connectivity index (χ0v) is 13.5. The summed E-state index contributed by atoms with van der Waals surface area (Å²) in [7, 11) is 1.72. The Balaban J connectivity index is 1.84. The average Bonchev–Trinajstić information content (AvgIpc) is 2.83. The van der Waals surface area contributed by atoms with Gasteiger partial charge in [0.05, 0.1) is 18.1 Å². The van der Waals surface area contributed by atoms with Gasteiger partial charge in [0.15, 0.2) is 0 Å². The highest BCUT2D eigenvalue weighted by molar-refractivity contribution is 7.98. The summed E-state index contributed by atoms with van der Waals surface area (Å²) < 4.78 is 5.02. The van der Waals surface area contributed by atoms with E-state index < -0.39 is 0 Å². The van der Waals surface area contributed by atoms with Gasteiger partial charge in [-0.05, 0) is 19.1 Å². The highest BCUT2D eigenvalue weighted by Gasteiger charge is 2.07. The third kappa shape index (κ3) is 4.90. The van der Waals surface area contributed by atoms with Crippen LogP contribution in [-0.4, -0.2) is 25.2 Å². The molecule has 0 saturated heterocycles. The van der Waals surface area contributed by atoms with E-state index in [0.717, 1.165) is 31.1 Å². The van der Waals surface area contributed by atoms with Crippen molar-refractivity contribution in [2.24, 2.45) is 0 Å². The normalized spacial score (nSPS) is 10.9. The van der Waals surface area contributed by atoms with Gasteiger partial charge >= 0.3 is 0 Å². The molecule has 0 spiro atoms. The predicted octanol–water partition coefficient (Wildman–Crippen LogP) is 3.48. The smallest absolute Gasteiger partial charge is 0.103 e. The molecule has 0 aliphatic carbocycles. The van der Waals surface area contributed by atoms with E-state index >= 15 is 0 Å². The lowest BCUT2D eigenvalue weighted by Gasteiger charge is -2.01. The number of nitrogens with zero attached hydrogens (tertiary/aromatic N) is 1. The molecule has 2 rings (SSSR count). The number of aryl methyl sites for hydroxylation is 1. The lowest BCUT2D eigenvalue weighted by molar-refractivity contribution is 0.199. The molecule has 0 aliphatic heterocycles. The standard InChI is InChI=1S/C15H20N2OS2/c1-12-14(10-16-8-9-18-2)20-15(17-12)11-19-13-6-4-3-5-7-13/h3-7,16H,8-11H2,1-2H3. The molecule has 0 atom stereocenters. The van der Waals surface area contributed by atoms with Crippen molar-refractivity contribution in [3.8, 4) is 0 Å². The molecular formula is C15H20N2OS2. The Morgan fingerprint density at radius 3 is 2.85 bits per heavy atom. The van der Waals surface area contributed by atoms with Crippen molar-refractivity contribution >= 4 is 23.1 Å². The van der Waals surface area contributed by atoms with Gasteiger partial charge in [-0.3, -0.25) is 0 Å². The number of hydrogen-bond donors (Lipinski definition) is 1. The highest BCUT2D eigenvalue weighted by Crippen LogP contribution is 2.26. The van der Waals surface area contributed by atoms with Crippen LogP contribution in [0.5, 0.6) is 0 Å². The first-order valence-corrected chi connectivity index (χ1v) is 8.42. The van der Waals surface area contributed by atoms with Gasteiger partial charge in [-0.2, -0.15) is 0 Å². The molecule has 1 aromatic heterocycles. The van der Waals surface area contributed by atoms with Gasteiger partial charge in [0, 0.05) is 30.0 Å². The molecule has 1 aromatic carbocycles. The maximum atomic E-state index is 5.02. The van der Waals surface area contributed by atoms with E-state index in [4.69, 9.17) is 4.74 Å². The number of rotatable bonds is 8. The van der Waals surface area contributed by atoms with Crippen LogP contribution in [-0.2, 0) is 17.0 Å². The minimum absolute atomic E-state index is 0.745. The Kier molecular flexibility index (Phi) is 6.53. The minimum Gasteiger partial charge on any atom is -0.383 e. The van der Waals surface area contributed by atoms with E-state index in [2.05, 4.69) is 41.5 Å². The van der Waals surface area contributed by atoms with Crippen LogP contribution in [0.25, 0.3) is 0 Å². The molecule has 3 nitrogen and oxygen atoms in total. The lowest BCUT2D eigenvalue weighted by atomic mass is 10.4. The topological polar surface area (TPSA) is 34.1 Å². The van der Waals surface area contributed by atoms with Crippen molar-refractivity contribution < 1.29 is 4.74 Å². The SMILES string of the molecule is COCCNCc1sc(CSc2ccccc2)nc1C. The summed E-state index contributed by atoms with van der Waals surface area (Å²) in [6, 6.07) is 10.5. The second-order valence-corrected chi connectivity index (χ2v) is 6.60. The van der Waals surface area contributed by atoms with Crippen molar-refractivity contribution in [1.82, 2.24) is 10.3 Å². The van der Waals surface area contributed by atoms with E-state index in [-0.39, 0.29) is 0 Å². The molecule has 0 saturated carbocycles. The van der Waals surface area contributed by atoms with E-state index in [1.807, 2.05) is 17.8 Å². The number of hydrogen-bond acceptors (Lipinski definition) is 5. The van der Waals surface area contributed by atoms with Crippen LogP contribution in [0.3, 0.4) is 0 Å². The second kappa shape index (κ2) is 8.42. The Morgan fingerprint density at radius 2 is 2.10 bits per heavy atom. The Hall–Kier alpha value is -0.880. The summed E-state index contributed by atoms with van der Waals surface area (Å²) in [4.78, 5) is 7.27. The van der Waals surface area contributed by atoms with Crippen molar-refractivity contribution in [3.05, 3.63) is 45.9 Å². The Morgan fingerprint density at radius 1 is 1.30 bits per heavy atom. The molecule has 0 unspecified atom stereocenters. The number of nitrogens with one attached hydrogen (secondary N) is 1. The van der Waals surface area contributed by atoms with E-state index in [0.29, 0.717) is 0 Å². The molecule has 0 amide bonds. The van der Waals surface area contributed by atoms with Crippen LogP contribution in [0.15, 0.2) is 35.2 Å². The monoisotopic (exact) mass is 308 g/mol. The van der Waals surface area contributed by atoms with Crippen LogP contribution in [0.2, 0.25) is 0 Å². The molecule has 1 heterocycles. The molecule has 0 fully saturated rings. The molecular weight excluding hydrogens is 288 g/mol. The maximum absolute atomic E-state index is 5.02. The van der Waals surface area contributed by atoms with Gasteiger partial charge in [0.1, 0.15) is 5.01 Å². The highest BCUT2D eigenvalue weighted by atomic mass is 32.2. The minimum atomic E-state index is 0.745. The van der Waals surface area contributed by atoms with E-state index in [1.165, 1.54) is 14.8 Å². The van der Waals surface area contributed by atoms with E-state index in [9.17, 15) is 0 Å². The molecule has 0 radical (unpaired) electrons. The molecule has 2 aromatic rings. The summed E-state index contributed by atoms with van der Waals surface area (Å²) in [5, 5.41) is 4.56. The first-order chi connectivity index (χ1) is 9.79. The zero-order chi connectivity index (χ0) is 14.2. The summed E-state index contributed by atoms with van der Waals surface area (Å²) >= 11 is 3.64. The molecule has 0 bridgehead atoms. The van der Waals surface area contributed by atoms with Gasteiger partial charge in [0.25, 0.3) is 0 Å². The zero-order valence-electron chi connectivity index (χ0n) is 11.9. The third-order valence-electron chi connectivity index (χ3n) is 2.81. The van der Waals surface area contributed by atoms with Crippen molar-refractivity contribution in [2.45, 2.75) is 24.1 Å². The van der Waals surface area contributed by atoms with Gasteiger partial charge in [-0.25, -0.2) is 4.98 Å². The number of aromatic nitrogens is 1. The van der Waals surface area contributed by atoms with Gasteiger partial charge in [-0.1, -0.05) is 18.2 Å². The van der Waals surface area contributed by atoms with Gasteiger partial charge in [-0.15, -0.1) is 23.1 Å². The Labute approximate surface area is 128 Å². The van der Waals surface area contributed by atoms with E-state index in [1.54, 1.807) is 18.4 Å². The quantitative estimate of drug-likeness (QED) is 0.598. The van der Waals surface area contributed by atoms with Crippen LogP contribution in [0.1, 0.15) is 15.6 Å².